The Morgan fingerprint density at radius 3 is 2.35 bits per heavy atom. The number of halogens is 1. The number of primary amides is 1. The number of nitrogens with one attached hydrogen (secondary N) is 2. The van der Waals surface area contributed by atoms with Crippen LogP contribution in [-0.4, -0.2) is 41.9 Å². The fourth-order valence-corrected chi connectivity index (χ4v) is 3.99. The van der Waals surface area contributed by atoms with Crippen LogP contribution < -0.4 is 16.4 Å². The minimum atomic E-state index is -0.820. The fraction of sp³-hybridized carbons (Fsp3) is 0.483. The van der Waals surface area contributed by atoms with Crippen molar-refractivity contribution in [3.05, 3.63) is 70.8 Å². The van der Waals surface area contributed by atoms with Gasteiger partial charge in [-0.15, -0.1) is 6.58 Å². The van der Waals surface area contributed by atoms with Gasteiger partial charge in [-0.3, -0.25) is 14.5 Å². The second kappa shape index (κ2) is 20.4. The molecule has 1 unspecified atom stereocenters. The Bertz CT molecular complexity index is 884. The van der Waals surface area contributed by atoms with Gasteiger partial charge in [0, 0.05) is 4.47 Å². The highest BCUT2D eigenvalue weighted by Gasteiger charge is 2.49. The van der Waals surface area contributed by atoms with E-state index in [0.717, 1.165) is 35.8 Å². The van der Waals surface area contributed by atoms with E-state index in [9.17, 15) is 9.59 Å². The van der Waals surface area contributed by atoms with E-state index in [1.165, 1.54) is 16.9 Å². The number of nitrogens with zero attached hydrogens (tertiary/aromatic N) is 1. The van der Waals surface area contributed by atoms with Crippen LogP contribution in [0.5, 0.6) is 0 Å². The summed E-state index contributed by atoms with van der Waals surface area (Å²) in [7, 11) is 0. The molecular formula is C29H45BrN4O3. The van der Waals surface area contributed by atoms with Crippen molar-refractivity contribution in [2.24, 2.45) is 5.73 Å². The summed E-state index contributed by atoms with van der Waals surface area (Å²) >= 11 is 3.41. The smallest absolute Gasteiger partial charge is 0.325 e. The molecule has 1 aliphatic rings. The summed E-state index contributed by atoms with van der Waals surface area (Å²) in [6.45, 7) is 13.8. The van der Waals surface area contributed by atoms with E-state index in [2.05, 4.69) is 71.0 Å². The molecule has 0 bridgehead atoms. The van der Waals surface area contributed by atoms with Crippen LogP contribution in [0.3, 0.4) is 0 Å². The monoisotopic (exact) mass is 576 g/mol. The first kappa shape index (κ1) is 34.3. The molecule has 1 aromatic rings. The van der Waals surface area contributed by atoms with Gasteiger partial charge in [0.05, 0.1) is 6.54 Å². The first-order valence-corrected chi connectivity index (χ1v) is 13.7. The van der Waals surface area contributed by atoms with E-state index in [4.69, 9.17) is 4.79 Å². The Morgan fingerprint density at radius 1 is 1.19 bits per heavy atom. The third-order valence-corrected chi connectivity index (χ3v) is 6.11. The summed E-state index contributed by atoms with van der Waals surface area (Å²) in [4.78, 5) is 35.6. The molecule has 1 saturated heterocycles. The maximum absolute atomic E-state index is 13.1. The molecule has 2 rings (SSSR count). The number of hydrogen-bond acceptors (Lipinski definition) is 4. The van der Waals surface area contributed by atoms with Crippen LogP contribution in [0.4, 0.5) is 4.79 Å². The number of allylic oxidation sites excluding steroid dienone is 5. The molecule has 4 amide bonds. The van der Waals surface area contributed by atoms with Gasteiger partial charge in [0.2, 0.25) is 6.41 Å². The lowest BCUT2D eigenvalue weighted by atomic mass is 9.92. The third-order valence-electron chi connectivity index (χ3n) is 5.58. The third kappa shape index (κ3) is 12.9. The summed E-state index contributed by atoms with van der Waals surface area (Å²) in [5.74, 6) is -0.132. The van der Waals surface area contributed by atoms with Crippen LogP contribution in [0.15, 0.2) is 65.2 Å². The number of imide groups is 1. The molecule has 1 heterocycles. The molecule has 1 aliphatic heterocycles. The average molecular weight is 578 g/mol. The predicted octanol–water partition coefficient (Wildman–Crippen LogP) is 6.01. The van der Waals surface area contributed by atoms with Gasteiger partial charge in [0.1, 0.15) is 5.54 Å². The van der Waals surface area contributed by atoms with Gasteiger partial charge in [0.25, 0.3) is 5.91 Å². The number of hydrogen-bond donors (Lipinski definition) is 3. The summed E-state index contributed by atoms with van der Waals surface area (Å²) in [5.41, 5.74) is 5.59. The molecule has 1 fully saturated rings. The summed E-state index contributed by atoms with van der Waals surface area (Å²) < 4.78 is 0.969. The Morgan fingerprint density at radius 2 is 1.81 bits per heavy atom. The maximum atomic E-state index is 13.1. The van der Waals surface area contributed by atoms with Crippen molar-refractivity contribution in [2.45, 2.75) is 78.3 Å². The van der Waals surface area contributed by atoms with Crippen molar-refractivity contribution in [1.82, 2.24) is 15.5 Å². The maximum Gasteiger partial charge on any atom is 0.325 e. The average Bonchev–Trinajstić information content (AvgIpc) is 3.11. The van der Waals surface area contributed by atoms with Crippen molar-refractivity contribution < 1.29 is 14.4 Å². The first-order valence-electron chi connectivity index (χ1n) is 13.0. The highest BCUT2D eigenvalue weighted by molar-refractivity contribution is 9.10. The van der Waals surface area contributed by atoms with E-state index in [1.54, 1.807) is 0 Å². The van der Waals surface area contributed by atoms with Crippen molar-refractivity contribution >= 4 is 34.3 Å². The SMILES string of the molecule is C=CCC=C(/C=C\C)CCCNCCC1(CC)NC(=O)N(Cc2ccc(Br)cc2)C1=O.CCC.NC=O. The Labute approximate surface area is 231 Å². The highest BCUT2D eigenvalue weighted by Crippen LogP contribution is 2.26. The molecule has 206 valence electrons. The van der Waals surface area contributed by atoms with E-state index >= 15 is 0 Å². The molecule has 37 heavy (non-hydrogen) atoms. The minimum Gasteiger partial charge on any atom is -0.372 e. The van der Waals surface area contributed by atoms with Gasteiger partial charge in [-0.05, 0) is 69.8 Å². The quantitative estimate of drug-likeness (QED) is 0.0879. The van der Waals surface area contributed by atoms with Crippen LogP contribution in [0.2, 0.25) is 0 Å². The highest BCUT2D eigenvalue weighted by atomic mass is 79.9. The second-order valence-corrected chi connectivity index (χ2v) is 9.55. The molecule has 1 atom stereocenters. The molecule has 1 aromatic carbocycles. The molecule has 0 radical (unpaired) electrons. The Hall–Kier alpha value is -2.71. The topological polar surface area (TPSA) is 105 Å². The number of amides is 4. The van der Waals surface area contributed by atoms with Crippen LogP contribution in [0.1, 0.15) is 71.8 Å². The van der Waals surface area contributed by atoms with E-state index in [-0.39, 0.29) is 24.9 Å². The van der Waals surface area contributed by atoms with Gasteiger partial charge in [-0.2, -0.15) is 0 Å². The van der Waals surface area contributed by atoms with Crippen molar-refractivity contribution in [1.29, 1.82) is 0 Å². The summed E-state index contributed by atoms with van der Waals surface area (Å²) in [6.07, 6.45) is 13.9. The van der Waals surface area contributed by atoms with E-state index in [1.807, 2.05) is 44.2 Å². The number of nitrogens with two attached hydrogens (primary N) is 1. The molecular weight excluding hydrogens is 532 g/mol. The standard InChI is InChI=1S/C25H34BrN3O2.C3H8.CH3NO/c1-4-7-10-20(9-5-2)11-8-17-27-18-16-25(6-3)23(30)29(24(31)28-25)19-21-12-14-22(26)15-13-21;1-3-2;2-1-3/h4-5,9-10,12-15,27H,1,6-8,11,16-19H2,2-3H3,(H,28,31);3H2,1-2H3;1H,(H2,2,3)/b9-5-,20-10?;;. The summed E-state index contributed by atoms with van der Waals surface area (Å²) in [5, 5.41) is 6.39. The fourth-order valence-electron chi connectivity index (χ4n) is 3.72. The van der Waals surface area contributed by atoms with Gasteiger partial charge in [-0.25, -0.2) is 4.79 Å². The van der Waals surface area contributed by atoms with Crippen LogP contribution in [-0.2, 0) is 16.1 Å². The zero-order chi connectivity index (χ0) is 28.1. The Kier molecular flexibility index (Phi) is 18.9. The number of carbonyl (C=O) groups is 3. The zero-order valence-corrected chi connectivity index (χ0v) is 24.5. The molecule has 0 aromatic heterocycles. The van der Waals surface area contributed by atoms with E-state index < -0.39 is 5.54 Å². The van der Waals surface area contributed by atoms with Crippen LogP contribution in [0, 0.1) is 0 Å². The van der Waals surface area contributed by atoms with Gasteiger partial charge < -0.3 is 16.4 Å². The largest absolute Gasteiger partial charge is 0.372 e. The molecule has 0 spiro atoms. The lowest BCUT2D eigenvalue weighted by Crippen LogP contribution is -2.48. The molecule has 7 nitrogen and oxygen atoms in total. The van der Waals surface area contributed by atoms with Gasteiger partial charge in [-0.1, -0.05) is 85.1 Å². The molecule has 4 N–H and O–H groups in total. The normalized spacial score (nSPS) is 17.0. The van der Waals surface area contributed by atoms with Crippen LogP contribution in [0.25, 0.3) is 0 Å². The number of rotatable bonds is 13. The lowest BCUT2D eigenvalue weighted by molar-refractivity contribution is -0.132. The lowest BCUT2D eigenvalue weighted by Gasteiger charge is -2.25. The van der Waals surface area contributed by atoms with Crippen molar-refractivity contribution in [3.8, 4) is 0 Å². The molecule has 8 heteroatoms. The second-order valence-electron chi connectivity index (χ2n) is 8.63. The minimum absolute atomic E-state index is 0.132. The predicted molar refractivity (Wildman–Crippen MR) is 157 cm³/mol. The van der Waals surface area contributed by atoms with Gasteiger partial charge in [0.15, 0.2) is 0 Å². The van der Waals surface area contributed by atoms with Crippen molar-refractivity contribution in [2.75, 3.05) is 13.1 Å². The summed E-state index contributed by atoms with van der Waals surface area (Å²) in [6, 6.07) is 7.36. The van der Waals surface area contributed by atoms with Crippen LogP contribution >= 0.6 is 15.9 Å². The first-order chi connectivity index (χ1) is 17.8. The van der Waals surface area contributed by atoms with Crippen molar-refractivity contribution in [3.63, 3.8) is 0 Å². The Balaban J connectivity index is 0.00000196. The molecule has 0 aliphatic carbocycles. The zero-order valence-electron chi connectivity index (χ0n) is 22.9. The number of benzene rings is 1. The van der Waals surface area contributed by atoms with Gasteiger partial charge >= 0.3 is 6.03 Å². The van der Waals surface area contributed by atoms with E-state index in [0.29, 0.717) is 19.4 Å². The number of urea groups is 1. The molecule has 0 saturated carbocycles. The number of carbonyl (C=O) groups excluding carboxylic acids is 3.